The molecule has 0 aliphatic carbocycles. The fourth-order valence-electron chi connectivity index (χ4n) is 2.62. The van der Waals surface area contributed by atoms with Crippen LogP contribution < -0.4 is 9.60 Å². The second-order valence-corrected chi connectivity index (χ2v) is 8.68. The number of thiazole rings is 1. The zero-order chi connectivity index (χ0) is 18.2. The molecule has 0 spiro atoms. The molecule has 132 valence electrons. The van der Waals surface area contributed by atoms with Gasteiger partial charge in [-0.25, -0.2) is 12.8 Å². The van der Waals surface area contributed by atoms with Crippen molar-refractivity contribution in [2.24, 2.45) is 0 Å². The fraction of sp³-hybridized carbons (Fsp3) is 0.235. The van der Waals surface area contributed by atoms with Crippen LogP contribution in [0.5, 0.6) is 0 Å². The number of halogens is 1. The number of nitrogens with zero attached hydrogens (tertiary/aromatic N) is 1. The van der Waals surface area contributed by atoms with Gasteiger partial charge in [0.15, 0.2) is 0 Å². The summed E-state index contributed by atoms with van der Waals surface area (Å²) in [6.07, 6.45) is 0. The van der Waals surface area contributed by atoms with Crippen LogP contribution in [0.4, 0.5) is 10.1 Å². The first-order valence-corrected chi connectivity index (χ1v) is 10.1. The molecule has 2 aromatic carbocycles. The number of sulfonamides is 1. The SMILES string of the molecule is CC(C)n1c(=O)sc2cc(NS(=O)(=O)Cc3ccccc3F)ccc21. The van der Waals surface area contributed by atoms with Gasteiger partial charge in [-0.05, 0) is 38.1 Å². The maximum absolute atomic E-state index is 13.7. The van der Waals surface area contributed by atoms with Crippen molar-refractivity contribution >= 4 is 37.3 Å². The van der Waals surface area contributed by atoms with E-state index in [9.17, 15) is 17.6 Å². The molecule has 0 fully saturated rings. The normalized spacial score (nSPS) is 12.0. The van der Waals surface area contributed by atoms with Gasteiger partial charge in [0.25, 0.3) is 0 Å². The van der Waals surface area contributed by atoms with Gasteiger partial charge in [-0.1, -0.05) is 29.5 Å². The highest BCUT2D eigenvalue weighted by Gasteiger charge is 2.16. The number of fused-ring (bicyclic) bond motifs is 1. The van der Waals surface area contributed by atoms with Crippen LogP contribution in [-0.2, 0) is 15.8 Å². The molecule has 0 unspecified atom stereocenters. The van der Waals surface area contributed by atoms with E-state index < -0.39 is 21.6 Å². The third-order valence-electron chi connectivity index (χ3n) is 3.71. The van der Waals surface area contributed by atoms with Gasteiger partial charge >= 0.3 is 4.87 Å². The molecule has 0 saturated heterocycles. The lowest BCUT2D eigenvalue weighted by Crippen LogP contribution is -2.16. The van der Waals surface area contributed by atoms with Gasteiger partial charge in [0.05, 0.1) is 21.7 Å². The highest BCUT2D eigenvalue weighted by atomic mass is 32.2. The third kappa shape index (κ3) is 3.74. The Labute approximate surface area is 148 Å². The van der Waals surface area contributed by atoms with E-state index in [4.69, 9.17) is 0 Å². The Morgan fingerprint density at radius 1 is 1.20 bits per heavy atom. The molecule has 1 aromatic heterocycles. The summed E-state index contributed by atoms with van der Waals surface area (Å²) >= 11 is 1.07. The number of hydrogen-bond donors (Lipinski definition) is 1. The molecule has 0 aliphatic rings. The van der Waals surface area contributed by atoms with Gasteiger partial charge in [-0.15, -0.1) is 0 Å². The number of aromatic nitrogens is 1. The molecule has 5 nitrogen and oxygen atoms in total. The minimum absolute atomic E-state index is 0.0184. The summed E-state index contributed by atoms with van der Waals surface area (Å²) in [6.45, 7) is 3.83. The first-order valence-electron chi connectivity index (χ1n) is 7.66. The largest absolute Gasteiger partial charge is 0.308 e. The Morgan fingerprint density at radius 3 is 2.60 bits per heavy atom. The van der Waals surface area contributed by atoms with Crippen molar-refractivity contribution in [1.29, 1.82) is 0 Å². The molecule has 1 N–H and O–H groups in total. The van der Waals surface area contributed by atoms with E-state index in [2.05, 4.69) is 4.72 Å². The van der Waals surface area contributed by atoms with Crippen LogP contribution in [0.3, 0.4) is 0 Å². The van der Waals surface area contributed by atoms with E-state index in [-0.39, 0.29) is 16.5 Å². The van der Waals surface area contributed by atoms with E-state index in [1.165, 1.54) is 18.2 Å². The molecule has 0 bridgehead atoms. The van der Waals surface area contributed by atoms with E-state index in [1.807, 2.05) is 13.8 Å². The average Bonchev–Trinajstić information content (AvgIpc) is 2.84. The summed E-state index contributed by atoms with van der Waals surface area (Å²) in [5, 5.41) is 0. The number of hydrogen-bond acceptors (Lipinski definition) is 4. The van der Waals surface area contributed by atoms with E-state index in [0.29, 0.717) is 10.4 Å². The lowest BCUT2D eigenvalue weighted by Gasteiger charge is -2.10. The predicted molar refractivity (Wildman–Crippen MR) is 99.1 cm³/mol. The van der Waals surface area contributed by atoms with Crippen molar-refractivity contribution < 1.29 is 12.8 Å². The molecule has 3 rings (SSSR count). The highest BCUT2D eigenvalue weighted by molar-refractivity contribution is 7.91. The molecule has 0 atom stereocenters. The van der Waals surface area contributed by atoms with Gasteiger partial charge < -0.3 is 0 Å². The molecule has 0 saturated carbocycles. The lowest BCUT2D eigenvalue weighted by molar-refractivity contribution is 0.591. The Bertz CT molecular complexity index is 1080. The van der Waals surface area contributed by atoms with Crippen molar-refractivity contribution in [3.8, 4) is 0 Å². The van der Waals surface area contributed by atoms with E-state index in [0.717, 1.165) is 16.9 Å². The summed E-state index contributed by atoms with van der Waals surface area (Å²) in [5.74, 6) is -1.02. The second-order valence-electron chi connectivity index (χ2n) is 5.97. The maximum Gasteiger partial charge on any atom is 0.308 e. The number of rotatable bonds is 5. The topological polar surface area (TPSA) is 68.2 Å². The Kier molecular flexibility index (Phi) is 4.66. The van der Waals surface area contributed by atoms with Crippen molar-refractivity contribution in [2.75, 3.05) is 4.72 Å². The van der Waals surface area contributed by atoms with Crippen LogP contribution in [0.2, 0.25) is 0 Å². The summed E-state index contributed by atoms with van der Waals surface area (Å²) in [4.78, 5) is 12.0. The van der Waals surface area contributed by atoms with Crippen LogP contribution in [0.25, 0.3) is 10.2 Å². The van der Waals surface area contributed by atoms with Gasteiger partial charge in [-0.2, -0.15) is 0 Å². The standard InChI is InChI=1S/C17H17FN2O3S2/c1-11(2)20-15-8-7-13(9-16(15)24-17(20)21)19-25(22,23)10-12-5-3-4-6-14(12)18/h3-9,11,19H,10H2,1-2H3. The molecule has 0 amide bonds. The average molecular weight is 380 g/mol. The molecular formula is C17H17FN2O3S2. The monoisotopic (exact) mass is 380 g/mol. The molecule has 0 radical (unpaired) electrons. The first kappa shape index (κ1) is 17.6. The number of nitrogens with one attached hydrogen (secondary N) is 1. The first-order chi connectivity index (χ1) is 11.8. The van der Waals surface area contributed by atoms with Crippen LogP contribution in [-0.4, -0.2) is 13.0 Å². The van der Waals surface area contributed by atoms with Crippen LogP contribution in [0, 0.1) is 5.82 Å². The quantitative estimate of drug-likeness (QED) is 0.733. The lowest BCUT2D eigenvalue weighted by atomic mass is 10.2. The second kappa shape index (κ2) is 6.61. The summed E-state index contributed by atoms with van der Waals surface area (Å²) in [5.41, 5.74) is 1.22. The van der Waals surface area contributed by atoms with Crippen LogP contribution in [0.1, 0.15) is 25.5 Å². The van der Waals surface area contributed by atoms with Crippen molar-refractivity contribution in [3.05, 3.63) is 63.5 Å². The van der Waals surface area contributed by atoms with Crippen LogP contribution in [0.15, 0.2) is 47.3 Å². The minimum atomic E-state index is -3.77. The third-order valence-corrected chi connectivity index (χ3v) is 5.86. The summed E-state index contributed by atoms with van der Waals surface area (Å²) in [7, 11) is -3.77. The Balaban J connectivity index is 1.90. The van der Waals surface area contributed by atoms with Gasteiger partial charge in [0, 0.05) is 11.6 Å². The van der Waals surface area contributed by atoms with Crippen LogP contribution >= 0.6 is 11.3 Å². The molecular weight excluding hydrogens is 363 g/mol. The highest BCUT2D eigenvalue weighted by Crippen LogP contribution is 2.25. The minimum Gasteiger partial charge on any atom is -0.296 e. The van der Waals surface area contributed by atoms with E-state index in [1.54, 1.807) is 28.8 Å². The van der Waals surface area contributed by atoms with Gasteiger partial charge in [0.1, 0.15) is 5.82 Å². The van der Waals surface area contributed by atoms with Crippen molar-refractivity contribution in [2.45, 2.75) is 25.6 Å². The maximum atomic E-state index is 13.7. The zero-order valence-electron chi connectivity index (χ0n) is 13.7. The summed E-state index contributed by atoms with van der Waals surface area (Å²) in [6, 6.07) is 10.7. The van der Waals surface area contributed by atoms with Gasteiger partial charge in [-0.3, -0.25) is 14.1 Å². The smallest absolute Gasteiger partial charge is 0.296 e. The Hall–Kier alpha value is -2.19. The van der Waals surface area contributed by atoms with Crippen molar-refractivity contribution in [3.63, 3.8) is 0 Å². The molecule has 25 heavy (non-hydrogen) atoms. The molecule has 0 aliphatic heterocycles. The number of benzene rings is 2. The molecule has 8 heteroatoms. The molecule has 1 heterocycles. The Morgan fingerprint density at radius 2 is 1.92 bits per heavy atom. The van der Waals surface area contributed by atoms with Crippen molar-refractivity contribution in [1.82, 2.24) is 4.57 Å². The van der Waals surface area contributed by atoms with E-state index >= 15 is 0 Å². The molecule has 3 aromatic rings. The fourth-order valence-corrected chi connectivity index (χ4v) is 4.88. The predicted octanol–water partition coefficient (Wildman–Crippen LogP) is 3.72. The number of anilines is 1. The van der Waals surface area contributed by atoms with Gasteiger partial charge in [0.2, 0.25) is 10.0 Å². The zero-order valence-corrected chi connectivity index (χ0v) is 15.3. The summed E-state index contributed by atoms with van der Waals surface area (Å²) < 4.78 is 43.1.